The average molecular weight is 300 g/mol. The summed E-state index contributed by atoms with van der Waals surface area (Å²) < 4.78 is 10.6. The number of hydrogen-bond donors (Lipinski definition) is 2. The minimum Gasteiger partial charge on any atom is -0.481 e. The molecule has 7 heteroatoms. The van der Waals surface area contributed by atoms with E-state index in [4.69, 9.17) is 14.6 Å². The van der Waals surface area contributed by atoms with E-state index in [1.807, 2.05) is 0 Å². The van der Waals surface area contributed by atoms with Gasteiger partial charge in [-0.3, -0.25) is 4.79 Å². The molecule has 1 heterocycles. The Hall–Kier alpha value is -1.34. The molecule has 4 atom stereocenters. The fraction of sp³-hybridized carbons (Fsp3) is 0.857. The zero-order chi connectivity index (χ0) is 15.4. The van der Waals surface area contributed by atoms with Crippen LogP contribution >= 0.6 is 0 Å². The number of hydrogen-bond acceptors (Lipinski definition) is 4. The van der Waals surface area contributed by atoms with E-state index in [2.05, 4.69) is 5.32 Å². The third kappa shape index (κ3) is 3.85. The second-order valence-corrected chi connectivity index (χ2v) is 5.80. The lowest BCUT2D eigenvalue weighted by Gasteiger charge is -2.29. The minimum atomic E-state index is -0.769. The molecule has 0 aromatic rings. The van der Waals surface area contributed by atoms with Crippen molar-refractivity contribution in [2.24, 2.45) is 5.92 Å². The van der Waals surface area contributed by atoms with Crippen LogP contribution in [0.1, 0.15) is 25.7 Å². The summed E-state index contributed by atoms with van der Waals surface area (Å²) in [4.78, 5) is 25.0. The molecule has 1 saturated heterocycles. The Morgan fingerprint density at radius 3 is 2.29 bits per heavy atom. The number of likely N-dealkylation sites (tertiary alicyclic amines) is 1. The maximum Gasteiger partial charge on any atom is 0.317 e. The number of nitrogens with one attached hydrogen (secondary N) is 1. The Kier molecular flexibility index (Phi) is 5.41. The van der Waals surface area contributed by atoms with Gasteiger partial charge in [-0.2, -0.15) is 0 Å². The number of carbonyl (C=O) groups is 2. The molecule has 2 N–H and O–H groups in total. The topological polar surface area (TPSA) is 88.1 Å². The molecule has 1 aliphatic carbocycles. The molecule has 0 bridgehead atoms. The third-order valence-electron chi connectivity index (χ3n) is 4.46. The molecule has 1 saturated carbocycles. The number of rotatable bonds is 4. The highest BCUT2D eigenvalue weighted by Gasteiger charge is 2.36. The lowest BCUT2D eigenvalue weighted by Crippen LogP contribution is -2.46. The molecule has 2 aliphatic rings. The highest BCUT2D eigenvalue weighted by atomic mass is 16.5. The van der Waals surface area contributed by atoms with Gasteiger partial charge in [-0.1, -0.05) is 6.42 Å². The first-order chi connectivity index (χ1) is 10.0. The number of carbonyl (C=O) groups excluding carboxylic acids is 1. The average Bonchev–Trinajstić information content (AvgIpc) is 2.91. The van der Waals surface area contributed by atoms with Gasteiger partial charge in [0.25, 0.3) is 0 Å². The summed E-state index contributed by atoms with van der Waals surface area (Å²) in [6.45, 7) is 0.992. The van der Waals surface area contributed by atoms with Crippen LogP contribution in [0, 0.1) is 5.92 Å². The van der Waals surface area contributed by atoms with Gasteiger partial charge in [-0.05, 0) is 19.3 Å². The van der Waals surface area contributed by atoms with Gasteiger partial charge >= 0.3 is 12.0 Å². The Balaban J connectivity index is 1.85. The number of urea groups is 1. The van der Waals surface area contributed by atoms with E-state index >= 15 is 0 Å². The summed E-state index contributed by atoms with van der Waals surface area (Å²) in [5.74, 6) is -1.12. The fourth-order valence-corrected chi connectivity index (χ4v) is 3.17. The van der Waals surface area contributed by atoms with E-state index in [0.717, 1.165) is 12.8 Å². The maximum absolute atomic E-state index is 12.3. The monoisotopic (exact) mass is 300 g/mol. The van der Waals surface area contributed by atoms with Crippen LogP contribution in [0.4, 0.5) is 4.79 Å². The third-order valence-corrected chi connectivity index (χ3v) is 4.46. The zero-order valence-electron chi connectivity index (χ0n) is 12.6. The largest absolute Gasteiger partial charge is 0.481 e. The van der Waals surface area contributed by atoms with Crippen molar-refractivity contribution in [2.75, 3.05) is 27.3 Å². The minimum absolute atomic E-state index is 0.0602. The van der Waals surface area contributed by atoms with E-state index in [9.17, 15) is 9.59 Å². The number of ether oxygens (including phenoxy) is 2. The Morgan fingerprint density at radius 1 is 1.14 bits per heavy atom. The molecule has 0 radical (unpaired) electrons. The normalized spacial score (nSPS) is 33.0. The molecule has 1 aliphatic heterocycles. The lowest BCUT2D eigenvalue weighted by atomic mass is 9.86. The van der Waals surface area contributed by atoms with E-state index in [1.54, 1.807) is 19.1 Å². The van der Waals surface area contributed by atoms with Crippen molar-refractivity contribution in [1.82, 2.24) is 10.2 Å². The maximum atomic E-state index is 12.3. The molecule has 4 unspecified atom stereocenters. The summed E-state index contributed by atoms with van der Waals surface area (Å²) in [6.07, 6.45) is 2.66. The quantitative estimate of drug-likeness (QED) is 0.797. The van der Waals surface area contributed by atoms with Crippen LogP contribution in [0.5, 0.6) is 0 Å². The number of methoxy groups -OCH3 is 2. The van der Waals surface area contributed by atoms with Crippen LogP contribution in [0.25, 0.3) is 0 Å². The van der Waals surface area contributed by atoms with Crippen LogP contribution in [-0.4, -0.2) is 67.6 Å². The second-order valence-electron chi connectivity index (χ2n) is 5.80. The standard InChI is InChI=1S/C14H24N2O5/c1-20-11-7-16(8-12(11)21-2)14(19)15-10-5-3-4-9(6-10)13(17)18/h9-12H,3-8H2,1-2H3,(H,15,19)(H,17,18). The van der Waals surface area contributed by atoms with Crippen molar-refractivity contribution < 1.29 is 24.2 Å². The van der Waals surface area contributed by atoms with E-state index in [0.29, 0.717) is 25.9 Å². The molecule has 2 rings (SSSR count). The van der Waals surface area contributed by atoms with Crippen molar-refractivity contribution >= 4 is 12.0 Å². The van der Waals surface area contributed by atoms with Gasteiger partial charge in [0.15, 0.2) is 0 Å². The summed E-state index contributed by atoms with van der Waals surface area (Å²) in [7, 11) is 3.22. The fourth-order valence-electron chi connectivity index (χ4n) is 3.17. The van der Waals surface area contributed by atoms with Gasteiger partial charge in [-0.25, -0.2) is 4.79 Å². The van der Waals surface area contributed by atoms with E-state index in [-0.39, 0.29) is 30.2 Å². The zero-order valence-corrected chi connectivity index (χ0v) is 12.6. The second kappa shape index (κ2) is 7.09. The van der Waals surface area contributed by atoms with Crippen molar-refractivity contribution in [3.05, 3.63) is 0 Å². The summed E-state index contributed by atoms with van der Waals surface area (Å²) in [5, 5.41) is 12.0. The van der Waals surface area contributed by atoms with Crippen molar-refractivity contribution in [3.63, 3.8) is 0 Å². The number of amides is 2. The first-order valence-corrected chi connectivity index (χ1v) is 7.39. The number of carboxylic acid groups (broad SMARTS) is 1. The lowest BCUT2D eigenvalue weighted by molar-refractivity contribution is -0.143. The van der Waals surface area contributed by atoms with Crippen molar-refractivity contribution in [2.45, 2.75) is 43.9 Å². The first kappa shape index (κ1) is 16.0. The number of nitrogens with zero attached hydrogens (tertiary/aromatic N) is 1. The van der Waals surface area contributed by atoms with Crippen molar-refractivity contribution in [3.8, 4) is 0 Å². The number of carboxylic acids is 1. The molecule has 120 valence electrons. The summed E-state index contributed by atoms with van der Waals surface area (Å²) in [6, 6.07) is -0.220. The molecule has 0 spiro atoms. The van der Waals surface area contributed by atoms with Gasteiger partial charge in [0, 0.05) is 20.3 Å². The molecule has 0 aromatic carbocycles. The Morgan fingerprint density at radius 2 is 1.76 bits per heavy atom. The predicted octanol–water partition coefficient (Wildman–Crippen LogP) is 0.685. The predicted molar refractivity (Wildman–Crippen MR) is 75.1 cm³/mol. The molecule has 7 nitrogen and oxygen atoms in total. The van der Waals surface area contributed by atoms with Crippen LogP contribution in [0.15, 0.2) is 0 Å². The van der Waals surface area contributed by atoms with Gasteiger partial charge in [-0.15, -0.1) is 0 Å². The first-order valence-electron chi connectivity index (χ1n) is 7.39. The Labute approximate surface area is 124 Å². The highest BCUT2D eigenvalue weighted by molar-refractivity contribution is 5.75. The molecular formula is C14H24N2O5. The highest BCUT2D eigenvalue weighted by Crippen LogP contribution is 2.25. The molecular weight excluding hydrogens is 276 g/mol. The van der Waals surface area contributed by atoms with Crippen LogP contribution < -0.4 is 5.32 Å². The molecule has 2 amide bonds. The van der Waals surface area contributed by atoms with Gasteiger partial charge < -0.3 is 24.8 Å². The van der Waals surface area contributed by atoms with Crippen LogP contribution in [-0.2, 0) is 14.3 Å². The van der Waals surface area contributed by atoms with E-state index in [1.165, 1.54) is 0 Å². The SMILES string of the molecule is COC1CN(C(=O)NC2CCCC(C(=O)O)C2)CC1OC. The van der Waals surface area contributed by atoms with Gasteiger partial charge in [0.05, 0.1) is 19.0 Å². The van der Waals surface area contributed by atoms with Gasteiger partial charge in [0.1, 0.15) is 12.2 Å². The van der Waals surface area contributed by atoms with E-state index < -0.39 is 5.97 Å². The van der Waals surface area contributed by atoms with Crippen LogP contribution in [0.3, 0.4) is 0 Å². The summed E-state index contributed by atoms with van der Waals surface area (Å²) >= 11 is 0. The molecule has 21 heavy (non-hydrogen) atoms. The van der Waals surface area contributed by atoms with Gasteiger partial charge in [0.2, 0.25) is 0 Å². The summed E-state index contributed by atoms with van der Waals surface area (Å²) in [5.41, 5.74) is 0. The van der Waals surface area contributed by atoms with Crippen LogP contribution in [0.2, 0.25) is 0 Å². The number of aliphatic carboxylic acids is 1. The smallest absolute Gasteiger partial charge is 0.317 e. The Bertz CT molecular complexity index is 378. The molecule has 0 aromatic heterocycles. The van der Waals surface area contributed by atoms with Crippen molar-refractivity contribution in [1.29, 1.82) is 0 Å². The molecule has 2 fully saturated rings.